The third-order valence-corrected chi connectivity index (χ3v) is 4.31. The van der Waals surface area contributed by atoms with Gasteiger partial charge in [-0.2, -0.15) is 0 Å². The maximum atomic E-state index is 12.2. The van der Waals surface area contributed by atoms with Gasteiger partial charge in [0.25, 0.3) is 0 Å². The summed E-state index contributed by atoms with van der Waals surface area (Å²) in [4.78, 5) is 13.9. The third-order valence-electron chi connectivity index (χ3n) is 4.31. The van der Waals surface area contributed by atoms with Crippen molar-refractivity contribution in [2.45, 2.75) is 32.2 Å². The minimum Gasteiger partial charge on any atom is -0.508 e. The van der Waals surface area contributed by atoms with Gasteiger partial charge >= 0.3 is 0 Å². The van der Waals surface area contributed by atoms with Crippen LogP contribution in [0.3, 0.4) is 0 Å². The Hall–Kier alpha value is -2.23. The highest BCUT2D eigenvalue weighted by Gasteiger charge is 2.36. The number of phenols is 1. The molecule has 1 heterocycles. The average molecular weight is 299 g/mol. The summed E-state index contributed by atoms with van der Waals surface area (Å²) >= 11 is 0. The lowest BCUT2D eigenvalue weighted by atomic mass is 10.1. The fourth-order valence-electron chi connectivity index (χ4n) is 2.68. The van der Waals surface area contributed by atoms with E-state index < -0.39 is 0 Å². The van der Waals surface area contributed by atoms with E-state index in [0.717, 1.165) is 11.5 Å². The molecule has 1 N–H and O–H groups in total. The molecular formula is C18H21NO3. The number of phenolic OH excluding ortho intramolecular Hbond substituents is 1. The number of benzene rings is 1. The zero-order valence-electron chi connectivity index (χ0n) is 13.0. The maximum absolute atomic E-state index is 12.2. The number of hydrogen-bond acceptors (Lipinski definition) is 3. The second-order valence-corrected chi connectivity index (χ2v) is 6.18. The summed E-state index contributed by atoms with van der Waals surface area (Å²) in [6, 6.07) is 10.9. The molecule has 1 saturated carbocycles. The zero-order valence-corrected chi connectivity index (χ0v) is 13.0. The lowest BCUT2D eigenvalue weighted by Crippen LogP contribution is -2.27. The van der Waals surface area contributed by atoms with Crippen molar-refractivity contribution < 1.29 is 14.3 Å². The van der Waals surface area contributed by atoms with Gasteiger partial charge in [0.05, 0.1) is 13.0 Å². The van der Waals surface area contributed by atoms with Gasteiger partial charge in [0, 0.05) is 18.5 Å². The number of carbonyl (C=O) groups excluding carboxylic acids is 1. The van der Waals surface area contributed by atoms with Crippen LogP contribution in [0, 0.1) is 5.92 Å². The Kier molecular flexibility index (Phi) is 3.92. The zero-order chi connectivity index (χ0) is 15.7. The molecule has 4 nitrogen and oxygen atoms in total. The minimum atomic E-state index is -0.0424. The Morgan fingerprint density at radius 2 is 2.05 bits per heavy atom. The summed E-state index contributed by atoms with van der Waals surface area (Å²) in [6.07, 6.45) is 1.38. The fraction of sp³-hybridized carbons (Fsp3) is 0.389. The third kappa shape index (κ3) is 3.16. The van der Waals surface area contributed by atoms with Crippen LogP contribution in [-0.4, -0.2) is 23.0 Å². The number of para-hydroxylation sites is 1. The molecule has 0 bridgehead atoms. The van der Waals surface area contributed by atoms with E-state index in [4.69, 9.17) is 4.42 Å². The molecule has 0 spiro atoms. The number of likely N-dealkylation sites (N-methyl/N-ethyl adjacent to an activating group) is 1. The molecule has 1 aromatic carbocycles. The molecule has 1 aliphatic carbocycles. The van der Waals surface area contributed by atoms with Crippen LogP contribution in [0.1, 0.15) is 36.3 Å². The number of aromatic hydroxyl groups is 1. The van der Waals surface area contributed by atoms with Crippen molar-refractivity contribution >= 4 is 5.91 Å². The molecule has 1 amide bonds. The van der Waals surface area contributed by atoms with Crippen LogP contribution in [0.5, 0.6) is 5.75 Å². The number of furan rings is 1. The van der Waals surface area contributed by atoms with Crippen molar-refractivity contribution in [1.29, 1.82) is 0 Å². The molecule has 1 aliphatic rings. The highest BCUT2D eigenvalue weighted by atomic mass is 16.3. The topological polar surface area (TPSA) is 53.7 Å². The Bertz CT molecular complexity index is 676. The van der Waals surface area contributed by atoms with E-state index >= 15 is 0 Å². The monoisotopic (exact) mass is 299 g/mol. The highest BCUT2D eigenvalue weighted by Crippen LogP contribution is 2.47. The standard InChI is InChI=1S/C18H21NO3/c1-12-9-15(12)17-8-7-14(22-17)11-19(2)18(21)10-13-5-3-4-6-16(13)20/h3-8,12,15,20H,9-11H2,1-2H3/t12-,15-/m0/s1. The molecule has 0 aliphatic heterocycles. The van der Waals surface area contributed by atoms with Crippen molar-refractivity contribution in [3.05, 3.63) is 53.5 Å². The SMILES string of the molecule is C[C@H]1C[C@@H]1c1ccc(CN(C)C(=O)Cc2ccccc2O)o1. The van der Waals surface area contributed by atoms with E-state index in [2.05, 4.69) is 6.92 Å². The van der Waals surface area contributed by atoms with E-state index in [-0.39, 0.29) is 18.1 Å². The number of hydrogen-bond donors (Lipinski definition) is 1. The van der Waals surface area contributed by atoms with E-state index in [9.17, 15) is 9.90 Å². The molecular weight excluding hydrogens is 278 g/mol. The normalized spacial score (nSPS) is 19.9. The maximum Gasteiger partial charge on any atom is 0.227 e. The first-order valence-electron chi connectivity index (χ1n) is 7.64. The summed E-state index contributed by atoms with van der Waals surface area (Å²) in [7, 11) is 1.75. The van der Waals surface area contributed by atoms with Crippen molar-refractivity contribution in [2.24, 2.45) is 5.92 Å². The fourth-order valence-corrected chi connectivity index (χ4v) is 2.68. The Morgan fingerprint density at radius 3 is 2.73 bits per heavy atom. The predicted octanol–water partition coefficient (Wildman–Crippen LogP) is 3.31. The molecule has 1 aromatic heterocycles. The largest absolute Gasteiger partial charge is 0.508 e. The highest BCUT2D eigenvalue weighted by molar-refractivity contribution is 5.79. The Balaban J connectivity index is 1.59. The first kappa shape index (κ1) is 14.7. The molecule has 0 saturated heterocycles. The second kappa shape index (κ2) is 5.87. The van der Waals surface area contributed by atoms with Crippen LogP contribution >= 0.6 is 0 Å². The lowest BCUT2D eigenvalue weighted by molar-refractivity contribution is -0.129. The summed E-state index contributed by atoms with van der Waals surface area (Å²) < 4.78 is 5.83. The summed E-state index contributed by atoms with van der Waals surface area (Å²) in [5.41, 5.74) is 0.645. The molecule has 0 radical (unpaired) electrons. The van der Waals surface area contributed by atoms with Gasteiger partial charge < -0.3 is 14.4 Å². The van der Waals surface area contributed by atoms with E-state index in [1.807, 2.05) is 18.2 Å². The first-order chi connectivity index (χ1) is 10.5. The van der Waals surface area contributed by atoms with Crippen LogP contribution in [0.4, 0.5) is 0 Å². The molecule has 116 valence electrons. The Morgan fingerprint density at radius 1 is 1.32 bits per heavy atom. The number of nitrogens with zero attached hydrogens (tertiary/aromatic N) is 1. The molecule has 4 heteroatoms. The number of carbonyl (C=O) groups is 1. The first-order valence-corrected chi connectivity index (χ1v) is 7.64. The molecule has 0 unspecified atom stereocenters. The summed E-state index contributed by atoms with van der Waals surface area (Å²) in [5.74, 6) is 3.22. The van der Waals surface area contributed by atoms with Crippen molar-refractivity contribution in [3.8, 4) is 5.75 Å². The van der Waals surface area contributed by atoms with Gasteiger partial charge in [-0.05, 0) is 30.5 Å². The van der Waals surface area contributed by atoms with Crippen LogP contribution in [0.25, 0.3) is 0 Å². The van der Waals surface area contributed by atoms with Gasteiger partial charge in [0.2, 0.25) is 5.91 Å². The molecule has 3 rings (SSSR count). The van der Waals surface area contributed by atoms with Gasteiger partial charge in [-0.1, -0.05) is 25.1 Å². The van der Waals surface area contributed by atoms with Gasteiger partial charge in [-0.25, -0.2) is 0 Å². The summed E-state index contributed by atoms with van der Waals surface area (Å²) in [5, 5.41) is 9.74. The lowest BCUT2D eigenvalue weighted by Gasteiger charge is -2.16. The van der Waals surface area contributed by atoms with Gasteiger partial charge in [-0.3, -0.25) is 4.79 Å². The number of amides is 1. The quantitative estimate of drug-likeness (QED) is 0.921. The van der Waals surface area contributed by atoms with E-state index in [1.54, 1.807) is 30.1 Å². The van der Waals surface area contributed by atoms with Crippen molar-refractivity contribution in [2.75, 3.05) is 7.05 Å². The van der Waals surface area contributed by atoms with E-state index in [1.165, 1.54) is 6.42 Å². The van der Waals surface area contributed by atoms with Crippen LogP contribution in [-0.2, 0) is 17.8 Å². The molecule has 2 aromatic rings. The van der Waals surface area contributed by atoms with Crippen LogP contribution < -0.4 is 0 Å². The van der Waals surface area contributed by atoms with Crippen molar-refractivity contribution in [3.63, 3.8) is 0 Å². The molecule has 22 heavy (non-hydrogen) atoms. The van der Waals surface area contributed by atoms with Crippen LogP contribution in [0.15, 0.2) is 40.8 Å². The smallest absolute Gasteiger partial charge is 0.227 e. The van der Waals surface area contributed by atoms with Crippen LogP contribution in [0.2, 0.25) is 0 Å². The predicted molar refractivity (Wildman–Crippen MR) is 83.5 cm³/mol. The average Bonchev–Trinajstić information content (AvgIpc) is 3.04. The van der Waals surface area contributed by atoms with Gasteiger partial charge in [0.1, 0.15) is 17.3 Å². The summed E-state index contributed by atoms with van der Waals surface area (Å²) in [6.45, 7) is 2.67. The van der Waals surface area contributed by atoms with Crippen molar-refractivity contribution in [1.82, 2.24) is 4.90 Å². The molecule has 2 atom stereocenters. The molecule has 1 fully saturated rings. The van der Waals surface area contributed by atoms with Gasteiger partial charge in [0.15, 0.2) is 0 Å². The minimum absolute atomic E-state index is 0.0424. The van der Waals surface area contributed by atoms with Gasteiger partial charge in [-0.15, -0.1) is 0 Å². The Labute approximate surface area is 130 Å². The van der Waals surface area contributed by atoms with E-state index in [0.29, 0.717) is 23.9 Å². The second-order valence-electron chi connectivity index (χ2n) is 6.18. The number of rotatable bonds is 5.